The topological polar surface area (TPSA) is 35.5 Å². The molecule has 2 aromatic carbocycles. The van der Waals surface area contributed by atoms with Crippen molar-refractivity contribution in [2.75, 3.05) is 6.61 Å². The Labute approximate surface area is 200 Å². The van der Waals surface area contributed by atoms with Crippen LogP contribution in [0.2, 0.25) is 0 Å². The number of fused-ring (bicyclic) bond motifs is 1. The molecule has 4 rings (SSSR count). The van der Waals surface area contributed by atoms with Crippen LogP contribution in [0.3, 0.4) is 0 Å². The van der Waals surface area contributed by atoms with Gasteiger partial charge < -0.3 is 0 Å². The van der Waals surface area contributed by atoms with Gasteiger partial charge in [-0.25, -0.2) is 0 Å². The molecule has 0 saturated heterocycles. The van der Waals surface area contributed by atoms with Crippen molar-refractivity contribution >= 4 is 26.2 Å². The molecule has 0 radical (unpaired) electrons. The van der Waals surface area contributed by atoms with Crippen molar-refractivity contribution in [3.8, 4) is 0 Å². The molecule has 3 nitrogen and oxygen atoms in total. The zero-order valence-electron chi connectivity index (χ0n) is 18.0. The Kier molecular flexibility index (Phi) is 6.75. The second kappa shape index (κ2) is 9.18. The number of rotatable bonds is 7. The van der Waals surface area contributed by atoms with Crippen LogP contribution >= 0.6 is 20.2 Å². The minimum atomic E-state index is -5.71. The number of hydrogen-bond acceptors (Lipinski definition) is 3. The summed E-state index contributed by atoms with van der Waals surface area (Å²) in [5.74, 6) is -1.56. The zero-order chi connectivity index (χ0) is 24.7. The van der Waals surface area contributed by atoms with Gasteiger partial charge in [-0.05, 0) is 0 Å². The van der Waals surface area contributed by atoms with Gasteiger partial charge in [0.2, 0.25) is 0 Å². The summed E-state index contributed by atoms with van der Waals surface area (Å²) in [5.41, 5.74) is -3.72. The number of carbonyl (C=O) groups excluding carboxylic acids is 1. The summed E-state index contributed by atoms with van der Waals surface area (Å²) >= 11 is -3.67. The van der Waals surface area contributed by atoms with Crippen molar-refractivity contribution in [1.29, 1.82) is 0 Å². The van der Waals surface area contributed by atoms with E-state index < -0.39 is 55.6 Å². The molecule has 184 valence electrons. The van der Waals surface area contributed by atoms with E-state index in [1.807, 2.05) is 30.3 Å². The Balaban J connectivity index is 1.69. The molecule has 0 bridgehead atoms. The predicted octanol–water partition coefficient (Wildman–Crippen LogP) is 7.10. The number of benzene rings is 2. The molecule has 0 spiro atoms. The summed E-state index contributed by atoms with van der Waals surface area (Å²) in [5, 5.41) is 0. The molecular weight excluding hydrogens is 577 g/mol. The number of ether oxygens (including phenoxy) is 1. The SMILES string of the molecule is CCOC(=O)C1C(CCCc2ccccc2)=C1I1OC(C(F)(F)F)(C(F)(F)F)c2ccccc21. The van der Waals surface area contributed by atoms with E-state index in [-0.39, 0.29) is 10.2 Å². The molecule has 1 unspecified atom stereocenters. The summed E-state index contributed by atoms with van der Waals surface area (Å²) in [6.07, 6.45) is -9.80. The van der Waals surface area contributed by atoms with E-state index in [0.717, 1.165) is 17.7 Å². The van der Waals surface area contributed by atoms with Crippen LogP contribution in [0, 0.1) is 9.49 Å². The Morgan fingerprint density at radius 3 is 2.21 bits per heavy atom. The van der Waals surface area contributed by atoms with Crippen molar-refractivity contribution < 1.29 is 38.9 Å². The average Bonchev–Trinajstić information content (AvgIpc) is 3.35. The first-order valence-electron chi connectivity index (χ1n) is 10.6. The fraction of sp³-hybridized carbons (Fsp3) is 0.375. The zero-order valence-corrected chi connectivity index (χ0v) is 20.1. The third kappa shape index (κ3) is 4.23. The minimum absolute atomic E-state index is 0.0562. The quantitative estimate of drug-likeness (QED) is 0.194. The molecule has 1 aliphatic carbocycles. The van der Waals surface area contributed by atoms with Gasteiger partial charge in [0.05, 0.1) is 0 Å². The molecular formula is C24H21F6IO3. The fourth-order valence-electron chi connectivity index (χ4n) is 4.11. The summed E-state index contributed by atoms with van der Waals surface area (Å²) in [4.78, 5) is 12.5. The van der Waals surface area contributed by atoms with E-state index in [4.69, 9.17) is 7.80 Å². The van der Waals surface area contributed by atoms with Crippen LogP contribution in [0.15, 0.2) is 63.8 Å². The monoisotopic (exact) mass is 598 g/mol. The van der Waals surface area contributed by atoms with Gasteiger partial charge in [-0.15, -0.1) is 0 Å². The van der Waals surface area contributed by atoms with Gasteiger partial charge in [0, 0.05) is 0 Å². The first kappa shape index (κ1) is 25.0. The van der Waals surface area contributed by atoms with Crippen molar-refractivity contribution in [2.24, 2.45) is 5.92 Å². The number of esters is 1. The molecule has 0 aromatic heterocycles. The number of carbonyl (C=O) groups is 1. The summed E-state index contributed by atoms with van der Waals surface area (Å²) in [7, 11) is 0. The molecule has 34 heavy (non-hydrogen) atoms. The summed E-state index contributed by atoms with van der Waals surface area (Å²) in [6, 6.07) is 14.1. The number of aryl methyl sites for hydroxylation is 1. The first-order valence-corrected chi connectivity index (χ1v) is 13.6. The predicted molar refractivity (Wildman–Crippen MR) is 121 cm³/mol. The number of hydrogen-bond donors (Lipinski definition) is 0. The van der Waals surface area contributed by atoms with Gasteiger partial charge in [-0.2, -0.15) is 0 Å². The summed E-state index contributed by atoms with van der Waals surface area (Å²) in [6.45, 7) is 1.65. The number of alkyl halides is 6. The first-order chi connectivity index (χ1) is 16.0. The standard InChI is InChI=1S/C24H21F6IO3/c1-2-33-21(32)19-16(12-8-11-15-9-4-3-5-10-15)20(19)31-18-14-7-6-13-17(18)22(34-31,23(25,26)27)24(28,29)30/h3-7,9-10,13-14,19H,2,8,11-12H2,1H3. The van der Waals surface area contributed by atoms with Crippen LogP contribution in [0.1, 0.15) is 30.9 Å². The fourth-order valence-corrected chi connectivity index (χ4v) is 10.5. The van der Waals surface area contributed by atoms with Crippen molar-refractivity contribution in [3.05, 3.63) is 78.4 Å². The molecule has 2 aliphatic rings. The van der Waals surface area contributed by atoms with E-state index in [2.05, 4.69) is 0 Å². The van der Waals surface area contributed by atoms with Gasteiger partial charge in [0.15, 0.2) is 0 Å². The molecule has 2 aromatic rings. The third-order valence-electron chi connectivity index (χ3n) is 5.72. The van der Waals surface area contributed by atoms with Crippen LogP contribution in [0.5, 0.6) is 0 Å². The van der Waals surface area contributed by atoms with Crippen molar-refractivity contribution in [3.63, 3.8) is 0 Å². The molecule has 0 fully saturated rings. The summed E-state index contributed by atoms with van der Waals surface area (Å²) < 4.78 is 94.3. The molecule has 0 amide bonds. The van der Waals surface area contributed by atoms with E-state index in [1.54, 1.807) is 6.92 Å². The van der Waals surface area contributed by atoms with Crippen LogP contribution in [-0.4, -0.2) is 24.9 Å². The molecule has 0 N–H and O–H groups in total. The number of halogens is 7. The van der Waals surface area contributed by atoms with Crippen LogP contribution < -0.4 is 0 Å². The van der Waals surface area contributed by atoms with Crippen molar-refractivity contribution in [2.45, 2.75) is 44.1 Å². The van der Waals surface area contributed by atoms with E-state index in [0.29, 0.717) is 28.4 Å². The van der Waals surface area contributed by atoms with E-state index in [1.165, 1.54) is 12.1 Å². The third-order valence-corrected chi connectivity index (χ3v) is 11.2. The van der Waals surface area contributed by atoms with Crippen molar-refractivity contribution in [1.82, 2.24) is 0 Å². The molecule has 1 aliphatic heterocycles. The Morgan fingerprint density at radius 2 is 1.59 bits per heavy atom. The van der Waals surface area contributed by atoms with Crippen LogP contribution in [-0.2, 0) is 24.6 Å². The second-order valence-electron chi connectivity index (χ2n) is 7.88. The van der Waals surface area contributed by atoms with E-state index >= 15 is 0 Å². The Morgan fingerprint density at radius 1 is 0.971 bits per heavy atom. The van der Waals surface area contributed by atoms with Gasteiger partial charge in [-0.1, -0.05) is 0 Å². The van der Waals surface area contributed by atoms with E-state index in [9.17, 15) is 31.1 Å². The molecule has 1 heterocycles. The van der Waals surface area contributed by atoms with Gasteiger partial charge >= 0.3 is 200 Å². The van der Waals surface area contributed by atoms with Gasteiger partial charge in [0.25, 0.3) is 0 Å². The normalized spacial score (nSPS) is 20.3. The van der Waals surface area contributed by atoms with Crippen LogP contribution in [0.4, 0.5) is 26.3 Å². The second-order valence-corrected chi connectivity index (χ2v) is 12.1. The average molecular weight is 598 g/mol. The van der Waals surface area contributed by atoms with Gasteiger partial charge in [0.1, 0.15) is 0 Å². The Bertz CT molecular complexity index is 1080. The molecule has 1 atom stereocenters. The molecule has 0 saturated carbocycles. The Hall–Kier alpha value is -2.08. The van der Waals surface area contributed by atoms with Crippen LogP contribution in [0.25, 0.3) is 0 Å². The van der Waals surface area contributed by atoms with Gasteiger partial charge in [-0.3, -0.25) is 0 Å². The maximum absolute atomic E-state index is 14.0. The maximum atomic E-state index is 14.0. The molecule has 10 heteroatoms.